The van der Waals surface area contributed by atoms with E-state index in [0.29, 0.717) is 5.56 Å². The van der Waals surface area contributed by atoms with E-state index in [4.69, 9.17) is 4.74 Å². The van der Waals surface area contributed by atoms with Gasteiger partial charge in [-0.05, 0) is 56.7 Å². The predicted molar refractivity (Wildman–Crippen MR) is 91.3 cm³/mol. The summed E-state index contributed by atoms with van der Waals surface area (Å²) in [5.74, 6) is -0.431. The SMILES string of the molecule is O=C(OC1CCCCC1)c1cccc(S(=O)(=O)NC2CCCC2)c1. The molecule has 0 spiro atoms. The van der Waals surface area contributed by atoms with Crippen LogP contribution in [0.2, 0.25) is 0 Å². The van der Waals surface area contributed by atoms with Crippen LogP contribution in [0.15, 0.2) is 29.2 Å². The van der Waals surface area contributed by atoms with Gasteiger partial charge in [-0.3, -0.25) is 0 Å². The maximum Gasteiger partial charge on any atom is 0.338 e. The third-order valence-corrected chi connectivity index (χ3v) is 6.40. The molecule has 2 aliphatic rings. The monoisotopic (exact) mass is 351 g/mol. The Kier molecular flexibility index (Phi) is 5.56. The molecule has 2 saturated carbocycles. The number of carbonyl (C=O) groups is 1. The van der Waals surface area contributed by atoms with E-state index in [-0.39, 0.29) is 17.0 Å². The van der Waals surface area contributed by atoms with Gasteiger partial charge in [0.1, 0.15) is 6.10 Å². The maximum absolute atomic E-state index is 12.5. The van der Waals surface area contributed by atoms with Crippen molar-refractivity contribution in [1.82, 2.24) is 4.72 Å². The topological polar surface area (TPSA) is 72.5 Å². The molecule has 0 atom stereocenters. The van der Waals surface area contributed by atoms with Crippen molar-refractivity contribution in [2.75, 3.05) is 0 Å². The van der Waals surface area contributed by atoms with Gasteiger partial charge in [0, 0.05) is 6.04 Å². The molecule has 1 N–H and O–H groups in total. The molecule has 2 fully saturated rings. The summed E-state index contributed by atoms with van der Waals surface area (Å²) in [6.45, 7) is 0. The van der Waals surface area contributed by atoms with Crippen LogP contribution < -0.4 is 4.72 Å². The lowest BCUT2D eigenvalue weighted by molar-refractivity contribution is 0.0211. The Labute approximate surface area is 143 Å². The normalized spacial score (nSPS) is 20.2. The van der Waals surface area contributed by atoms with Crippen LogP contribution in [0.5, 0.6) is 0 Å². The second-order valence-electron chi connectivity index (χ2n) is 6.80. The first kappa shape index (κ1) is 17.4. The second-order valence-corrected chi connectivity index (χ2v) is 8.51. The standard InChI is InChI=1S/C18H25NO4S/c20-18(23-16-10-2-1-3-11-16)14-7-6-12-17(13-14)24(21,22)19-15-8-4-5-9-15/h6-7,12-13,15-16,19H,1-5,8-11H2. The lowest BCUT2D eigenvalue weighted by Crippen LogP contribution is -2.32. The van der Waals surface area contributed by atoms with Crippen molar-refractivity contribution in [1.29, 1.82) is 0 Å². The molecule has 0 aliphatic heterocycles. The molecular formula is C18H25NO4S. The van der Waals surface area contributed by atoms with Gasteiger partial charge in [0.15, 0.2) is 0 Å². The van der Waals surface area contributed by atoms with Crippen molar-refractivity contribution < 1.29 is 17.9 Å². The molecule has 3 rings (SSSR count). The van der Waals surface area contributed by atoms with E-state index in [9.17, 15) is 13.2 Å². The fraction of sp³-hybridized carbons (Fsp3) is 0.611. The van der Waals surface area contributed by atoms with E-state index in [1.54, 1.807) is 12.1 Å². The number of rotatable bonds is 5. The first-order valence-electron chi connectivity index (χ1n) is 8.88. The lowest BCUT2D eigenvalue weighted by Gasteiger charge is -2.21. The van der Waals surface area contributed by atoms with Crippen LogP contribution in [0.1, 0.15) is 68.1 Å². The minimum absolute atomic E-state index is 0.00727. The highest BCUT2D eigenvalue weighted by Gasteiger charge is 2.24. The van der Waals surface area contributed by atoms with Crippen LogP contribution in [0.3, 0.4) is 0 Å². The molecule has 0 heterocycles. The molecule has 0 radical (unpaired) electrons. The Balaban J connectivity index is 1.69. The highest BCUT2D eigenvalue weighted by molar-refractivity contribution is 7.89. The van der Waals surface area contributed by atoms with Crippen molar-refractivity contribution in [2.24, 2.45) is 0 Å². The first-order chi connectivity index (χ1) is 11.5. The largest absolute Gasteiger partial charge is 0.459 e. The molecule has 0 saturated heterocycles. The van der Waals surface area contributed by atoms with Gasteiger partial charge in [-0.25, -0.2) is 17.9 Å². The van der Waals surface area contributed by atoms with E-state index in [1.807, 2.05) is 0 Å². The summed E-state index contributed by atoms with van der Waals surface area (Å²) in [6, 6.07) is 6.16. The average molecular weight is 351 g/mol. The zero-order chi connectivity index (χ0) is 17.0. The van der Waals surface area contributed by atoms with Gasteiger partial charge in [-0.1, -0.05) is 25.3 Å². The van der Waals surface area contributed by atoms with Crippen LogP contribution >= 0.6 is 0 Å². The van der Waals surface area contributed by atoms with Gasteiger partial charge in [-0.2, -0.15) is 0 Å². The highest BCUT2D eigenvalue weighted by atomic mass is 32.2. The lowest BCUT2D eigenvalue weighted by atomic mass is 9.98. The summed E-state index contributed by atoms with van der Waals surface area (Å²) in [7, 11) is -3.59. The fourth-order valence-corrected chi connectivity index (χ4v) is 4.87. The Hall–Kier alpha value is -1.40. The van der Waals surface area contributed by atoms with E-state index in [2.05, 4.69) is 4.72 Å². The van der Waals surface area contributed by atoms with Gasteiger partial charge >= 0.3 is 5.97 Å². The summed E-state index contributed by atoms with van der Waals surface area (Å²) in [5, 5.41) is 0. The number of nitrogens with one attached hydrogen (secondary N) is 1. The van der Waals surface area contributed by atoms with Crippen molar-refractivity contribution in [3.63, 3.8) is 0 Å². The number of esters is 1. The van der Waals surface area contributed by atoms with Gasteiger partial charge in [-0.15, -0.1) is 0 Å². The molecule has 6 heteroatoms. The molecular weight excluding hydrogens is 326 g/mol. The van der Waals surface area contributed by atoms with Crippen LogP contribution in [0.25, 0.3) is 0 Å². The molecule has 0 bridgehead atoms. The van der Waals surface area contributed by atoms with Gasteiger partial charge in [0.05, 0.1) is 10.5 Å². The van der Waals surface area contributed by atoms with E-state index < -0.39 is 16.0 Å². The predicted octanol–water partition coefficient (Wildman–Crippen LogP) is 3.40. The van der Waals surface area contributed by atoms with Crippen LogP contribution in [0.4, 0.5) is 0 Å². The number of sulfonamides is 1. The Morgan fingerprint density at radius 1 is 1.00 bits per heavy atom. The van der Waals surface area contributed by atoms with Gasteiger partial charge in [0.25, 0.3) is 0 Å². The molecule has 0 unspecified atom stereocenters. The molecule has 0 aromatic heterocycles. The summed E-state index contributed by atoms with van der Waals surface area (Å²) >= 11 is 0. The summed E-state index contributed by atoms with van der Waals surface area (Å²) in [5.41, 5.74) is 0.301. The maximum atomic E-state index is 12.5. The van der Waals surface area contributed by atoms with Crippen molar-refractivity contribution in [3.8, 4) is 0 Å². The number of carbonyl (C=O) groups excluding carboxylic acids is 1. The number of hydrogen-bond donors (Lipinski definition) is 1. The molecule has 24 heavy (non-hydrogen) atoms. The zero-order valence-corrected chi connectivity index (χ0v) is 14.7. The fourth-order valence-electron chi connectivity index (χ4n) is 3.52. The van der Waals surface area contributed by atoms with Crippen LogP contribution in [-0.4, -0.2) is 26.5 Å². The molecule has 132 valence electrons. The summed E-state index contributed by atoms with van der Waals surface area (Å²) < 4.78 is 33.2. The van der Waals surface area contributed by atoms with E-state index in [0.717, 1.165) is 51.4 Å². The van der Waals surface area contributed by atoms with Crippen molar-refractivity contribution in [2.45, 2.75) is 74.8 Å². The molecule has 0 amide bonds. The van der Waals surface area contributed by atoms with Gasteiger partial charge < -0.3 is 4.74 Å². The van der Waals surface area contributed by atoms with E-state index >= 15 is 0 Å². The third-order valence-electron chi connectivity index (χ3n) is 4.88. The number of benzene rings is 1. The molecule has 1 aromatic carbocycles. The summed E-state index contributed by atoms with van der Waals surface area (Å²) in [6.07, 6.45) is 8.97. The minimum atomic E-state index is -3.59. The van der Waals surface area contributed by atoms with Gasteiger partial charge in [0.2, 0.25) is 10.0 Å². The van der Waals surface area contributed by atoms with Crippen molar-refractivity contribution >= 4 is 16.0 Å². The zero-order valence-electron chi connectivity index (χ0n) is 13.9. The number of ether oxygens (including phenoxy) is 1. The third kappa shape index (κ3) is 4.36. The first-order valence-corrected chi connectivity index (χ1v) is 10.4. The second kappa shape index (κ2) is 7.66. The molecule has 1 aromatic rings. The average Bonchev–Trinajstić information content (AvgIpc) is 3.08. The van der Waals surface area contributed by atoms with Crippen LogP contribution in [-0.2, 0) is 14.8 Å². The molecule has 2 aliphatic carbocycles. The number of hydrogen-bond acceptors (Lipinski definition) is 4. The Bertz CT molecular complexity index is 674. The molecule has 5 nitrogen and oxygen atoms in total. The minimum Gasteiger partial charge on any atom is -0.459 e. The quantitative estimate of drug-likeness (QED) is 0.825. The van der Waals surface area contributed by atoms with Crippen LogP contribution in [0, 0.1) is 0 Å². The Morgan fingerprint density at radius 3 is 2.38 bits per heavy atom. The highest BCUT2D eigenvalue weighted by Crippen LogP contribution is 2.23. The van der Waals surface area contributed by atoms with E-state index in [1.165, 1.54) is 18.6 Å². The smallest absolute Gasteiger partial charge is 0.338 e. The Morgan fingerprint density at radius 2 is 1.67 bits per heavy atom. The summed E-state index contributed by atoms with van der Waals surface area (Å²) in [4.78, 5) is 12.4. The van der Waals surface area contributed by atoms with Crippen molar-refractivity contribution in [3.05, 3.63) is 29.8 Å².